The number of benzene rings is 2. The van der Waals surface area contributed by atoms with E-state index in [1.807, 2.05) is 0 Å². The first-order valence-corrected chi connectivity index (χ1v) is 11.9. The van der Waals surface area contributed by atoms with E-state index in [1.54, 1.807) is 19.9 Å². The van der Waals surface area contributed by atoms with Crippen molar-refractivity contribution in [1.29, 1.82) is 0 Å². The zero-order valence-corrected chi connectivity index (χ0v) is 20.8. The number of methoxy groups -OCH3 is 1. The first-order chi connectivity index (χ1) is 18.1. The van der Waals surface area contributed by atoms with Crippen LogP contribution >= 0.6 is 0 Å². The Bertz CT molecular complexity index is 1340. The fraction of sp³-hybridized carbons (Fsp3) is 0.370. The molecule has 0 fully saturated rings. The van der Waals surface area contributed by atoms with E-state index in [4.69, 9.17) is 14.2 Å². The summed E-state index contributed by atoms with van der Waals surface area (Å²) in [5.41, 5.74) is 2.09. The Labute approximate surface area is 215 Å². The number of ketones is 1. The Morgan fingerprint density at radius 3 is 2.32 bits per heavy atom. The van der Waals surface area contributed by atoms with Crippen LogP contribution in [0.5, 0.6) is 11.5 Å². The Morgan fingerprint density at radius 1 is 1.03 bits per heavy atom. The third-order valence-corrected chi connectivity index (χ3v) is 6.58. The summed E-state index contributed by atoms with van der Waals surface area (Å²) in [5.74, 6) is -14.4. The van der Waals surface area contributed by atoms with Gasteiger partial charge in [0.05, 0.1) is 13.7 Å². The fourth-order valence-corrected chi connectivity index (χ4v) is 4.87. The van der Waals surface area contributed by atoms with Gasteiger partial charge in [-0.05, 0) is 44.4 Å². The molecule has 0 saturated carbocycles. The summed E-state index contributed by atoms with van der Waals surface area (Å²) in [4.78, 5) is 30.5. The second kappa shape index (κ2) is 10.9. The van der Waals surface area contributed by atoms with Gasteiger partial charge in [0.1, 0.15) is 18.3 Å². The number of hydrogen-bond acceptors (Lipinski definition) is 6. The molecule has 2 aromatic carbocycles. The Hall–Kier alpha value is -3.76. The number of carbonyl (C=O) groups excluding carboxylic acids is 2. The van der Waals surface area contributed by atoms with Crippen molar-refractivity contribution in [3.63, 3.8) is 0 Å². The van der Waals surface area contributed by atoms with Crippen molar-refractivity contribution in [2.75, 3.05) is 13.7 Å². The molecular weight excluding hydrogens is 513 g/mol. The molecule has 0 radical (unpaired) electrons. The lowest BCUT2D eigenvalue weighted by Gasteiger charge is -2.34. The second-order valence-electron chi connectivity index (χ2n) is 8.86. The maximum Gasteiger partial charge on any atom is 0.315 e. The quantitative estimate of drug-likeness (QED) is 0.196. The molecule has 0 N–H and O–H groups in total. The Balaban J connectivity index is 1.78. The molecule has 11 heteroatoms. The van der Waals surface area contributed by atoms with E-state index < -0.39 is 59.2 Å². The minimum absolute atomic E-state index is 0.110. The third-order valence-electron chi connectivity index (χ3n) is 6.58. The number of Topliss-reactive ketones (excluding diaryl/α,β-unsaturated/α-hetero) is 1. The van der Waals surface area contributed by atoms with Gasteiger partial charge in [-0.25, -0.2) is 13.2 Å². The molecule has 0 spiro atoms. The van der Waals surface area contributed by atoms with Gasteiger partial charge in [0, 0.05) is 34.9 Å². The molecule has 202 valence electrons. The van der Waals surface area contributed by atoms with Crippen LogP contribution in [-0.2, 0) is 20.9 Å². The number of rotatable bonds is 7. The largest absolute Gasteiger partial charge is 0.496 e. The van der Waals surface area contributed by atoms with Gasteiger partial charge >= 0.3 is 5.97 Å². The predicted octanol–water partition coefficient (Wildman–Crippen LogP) is 5.71. The van der Waals surface area contributed by atoms with Crippen molar-refractivity contribution >= 4 is 17.5 Å². The van der Waals surface area contributed by atoms with E-state index in [0.717, 1.165) is 0 Å². The molecular formula is C27H24F5NO5. The van der Waals surface area contributed by atoms with E-state index in [2.05, 4.69) is 4.99 Å². The highest BCUT2D eigenvalue weighted by Crippen LogP contribution is 2.44. The van der Waals surface area contributed by atoms with Crippen LogP contribution in [0, 0.1) is 35.0 Å². The average molecular weight is 537 g/mol. The lowest BCUT2D eigenvalue weighted by Crippen LogP contribution is -2.37. The van der Waals surface area contributed by atoms with E-state index in [9.17, 15) is 31.5 Å². The molecule has 2 aliphatic rings. The smallest absolute Gasteiger partial charge is 0.315 e. The van der Waals surface area contributed by atoms with Gasteiger partial charge in [0.25, 0.3) is 0 Å². The molecule has 0 saturated heterocycles. The van der Waals surface area contributed by atoms with Crippen molar-refractivity contribution in [3.05, 3.63) is 69.7 Å². The molecule has 1 aliphatic carbocycles. The molecule has 6 nitrogen and oxygen atoms in total. The van der Waals surface area contributed by atoms with Crippen LogP contribution in [0.4, 0.5) is 22.0 Å². The average Bonchev–Trinajstić information content (AvgIpc) is 2.90. The van der Waals surface area contributed by atoms with Gasteiger partial charge in [-0.15, -0.1) is 0 Å². The standard InChI is InChI=1S/C27H24F5NO5/c1-4-37-27(35)18-12(2)33-15-6-5-7-16(34)20(15)19(18)13-8-9-17(36-3)14(10-13)11-38-26-24(31)22(29)21(28)23(30)25(26)32/h8-10,18-19H,4-7,11H2,1-3H3/t18?,19-/m0/s1. The molecule has 1 heterocycles. The number of ether oxygens (including phenoxy) is 3. The zero-order valence-electron chi connectivity index (χ0n) is 20.8. The van der Waals surface area contributed by atoms with E-state index in [-0.39, 0.29) is 30.1 Å². The lowest BCUT2D eigenvalue weighted by molar-refractivity contribution is -0.146. The van der Waals surface area contributed by atoms with Crippen molar-refractivity contribution in [2.24, 2.45) is 10.9 Å². The summed E-state index contributed by atoms with van der Waals surface area (Å²) in [6.07, 6.45) is 1.46. The van der Waals surface area contributed by atoms with Gasteiger partial charge in [0.15, 0.2) is 11.5 Å². The zero-order chi connectivity index (χ0) is 27.7. The number of halogens is 5. The summed E-state index contributed by atoms with van der Waals surface area (Å²) in [6.45, 7) is 2.80. The van der Waals surface area contributed by atoms with Gasteiger partial charge in [0.2, 0.25) is 29.1 Å². The monoisotopic (exact) mass is 537 g/mol. The van der Waals surface area contributed by atoms with Gasteiger partial charge < -0.3 is 14.2 Å². The molecule has 2 atom stereocenters. The van der Waals surface area contributed by atoms with Crippen LogP contribution in [0.3, 0.4) is 0 Å². The molecule has 0 bridgehead atoms. The van der Waals surface area contributed by atoms with Crippen LogP contribution in [0.15, 0.2) is 34.5 Å². The molecule has 0 amide bonds. The lowest BCUT2D eigenvalue weighted by atomic mass is 9.71. The highest BCUT2D eigenvalue weighted by molar-refractivity contribution is 6.08. The number of nitrogens with zero attached hydrogens (tertiary/aromatic N) is 1. The number of hydrogen-bond donors (Lipinski definition) is 0. The van der Waals surface area contributed by atoms with E-state index in [0.29, 0.717) is 35.4 Å². The summed E-state index contributed by atoms with van der Waals surface area (Å²) >= 11 is 0. The highest BCUT2D eigenvalue weighted by atomic mass is 19.2. The van der Waals surface area contributed by atoms with Crippen LogP contribution in [0.1, 0.15) is 50.2 Å². The molecule has 38 heavy (non-hydrogen) atoms. The minimum Gasteiger partial charge on any atom is -0.496 e. The van der Waals surface area contributed by atoms with Gasteiger partial charge in [-0.3, -0.25) is 14.6 Å². The molecule has 1 aliphatic heterocycles. The summed E-state index contributed by atoms with van der Waals surface area (Å²) in [6, 6.07) is 4.64. The third kappa shape index (κ3) is 4.77. The summed E-state index contributed by atoms with van der Waals surface area (Å²) in [7, 11) is 1.32. The highest BCUT2D eigenvalue weighted by Gasteiger charge is 2.43. The van der Waals surface area contributed by atoms with Crippen LogP contribution in [0.2, 0.25) is 0 Å². The van der Waals surface area contributed by atoms with Crippen molar-refractivity contribution < 1.29 is 45.8 Å². The second-order valence-corrected chi connectivity index (χ2v) is 8.86. The number of allylic oxidation sites excluding steroid dienone is 2. The Kier molecular flexibility index (Phi) is 7.84. The molecule has 4 rings (SSSR count). The Morgan fingerprint density at radius 2 is 1.68 bits per heavy atom. The summed E-state index contributed by atoms with van der Waals surface area (Å²) in [5, 5.41) is 0. The normalized spacial score (nSPS) is 19.2. The first kappa shape index (κ1) is 27.3. The van der Waals surface area contributed by atoms with Crippen LogP contribution in [-0.4, -0.2) is 31.2 Å². The number of aliphatic imine (C=N–C) groups is 1. The molecule has 1 unspecified atom stereocenters. The van der Waals surface area contributed by atoms with Gasteiger partial charge in [-0.2, -0.15) is 8.78 Å². The van der Waals surface area contributed by atoms with Crippen molar-refractivity contribution in [1.82, 2.24) is 0 Å². The first-order valence-electron chi connectivity index (χ1n) is 11.9. The molecule has 0 aromatic heterocycles. The van der Waals surface area contributed by atoms with E-state index in [1.165, 1.54) is 19.2 Å². The van der Waals surface area contributed by atoms with Crippen molar-refractivity contribution in [3.8, 4) is 11.5 Å². The maximum atomic E-state index is 14.2. The van der Waals surface area contributed by atoms with Gasteiger partial charge in [-0.1, -0.05) is 6.07 Å². The topological polar surface area (TPSA) is 74.2 Å². The molecule has 2 aromatic rings. The maximum absolute atomic E-state index is 14.2. The number of esters is 1. The van der Waals surface area contributed by atoms with Crippen molar-refractivity contribution in [2.45, 2.75) is 45.6 Å². The number of carbonyl (C=O) groups is 2. The minimum atomic E-state index is -2.30. The predicted molar refractivity (Wildman–Crippen MR) is 125 cm³/mol. The van der Waals surface area contributed by atoms with Crippen LogP contribution in [0.25, 0.3) is 0 Å². The fourth-order valence-electron chi connectivity index (χ4n) is 4.87. The van der Waals surface area contributed by atoms with E-state index >= 15 is 0 Å². The van der Waals surface area contributed by atoms with Crippen LogP contribution < -0.4 is 9.47 Å². The SMILES string of the molecule is CCOC(=O)C1C(C)=NC2=C(C(=O)CCC2)[C@H]1c1ccc(OC)c(COc2c(F)c(F)c(F)c(F)c2F)c1. The summed E-state index contributed by atoms with van der Waals surface area (Å²) < 4.78 is 84.6.